The maximum Gasteiger partial charge on any atom is 0.0829 e. The van der Waals surface area contributed by atoms with Crippen LogP contribution in [0.1, 0.15) is 32.6 Å². The number of halogens is 1. The molecule has 1 heterocycles. The normalized spacial score (nSPS) is 20.6. The standard InChI is InChI=1S/C13H23FN2/c1-2-12(5-8-14)4-3-9-16-13-6-10-15-11-7-13/h3,5,8-9,12-13,15-16H,2,4,6-7,10-11H2,1H3/b8-5+,9-3+. The third kappa shape index (κ3) is 5.31. The second kappa shape index (κ2) is 8.34. The van der Waals surface area contributed by atoms with Gasteiger partial charge in [0.1, 0.15) is 0 Å². The minimum Gasteiger partial charge on any atom is -0.388 e. The van der Waals surface area contributed by atoms with Crippen molar-refractivity contribution in [3.8, 4) is 0 Å². The van der Waals surface area contributed by atoms with E-state index in [4.69, 9.17) is 0 Å². The molecule has 0 aliphatic carbocycles. The summed E-state index contributed by atoms with van der Waals surface area (Å²) < 4.78 is 12.0. The lowest BCUT2D eigenvalue weighted by atomic mass is 10.0. The molecule has 0 amide bonds. The Morgan fingerprint density at radius 2 is 2.19 bits per heavy atom. The van der Waals surface area contributed by atoms with Gasteiger partial charge in [-0.1, -0.05) is 19.1 Å². The summed E-state index contributed by atoms with van der Waals surface area (Å²) >= 11 is 0. The molecule has 1 aliphatic heterocycles. The summed E-state index contributed by atoms with van der Waals surface area (Å²) in [6, 6.07) is 0.606. The second-order valence-corrected chi connectivity index (χ2v) is 4.32. The first-order valence-electron chi connectivity index (χ1n) is 6.25. The molecule has 16 heavy (non-hydrogen) atoms. The summed E-state index contributed by atoms with van der Waals surface area (Å²) in [7, 11) is 0. The predicted octanol–water partition coefficient (Wildman–Crippen LogP) is 2.74. The summed E-state index contributed by atoms with van der Waals surface area (Å²) in [5.74, 6) is 0.330. The lowest BCUT2D eigenvalue weighted by Crippen LogP contribution is -2.37. The predicted molar refractivity (Wildman–Crippen MR) is 66.8 cm³/mol. The van der Waals surface area contributed by atoms with Crippen LogP contribution < -0.4 is 10.6 Å². The molecule has 2 nitrogen and oxygen atoms in total. The van der Waals surface area contributed by atoms with Crippen molar-refractivity contribution in [2.45, 2.75) is 38.6 Å². The monoisotopic (exact) mass is 226 g/mol. The Bertz CT molecular complexity index is 220. The highest BCUT2D eigenvalue weighted by atomic mass is 19.1. The van der Waals surface area contributed by atoms with Crippen LogP contribution in [0, 0.1) is 5.92 Å². The first-order chi connectivity index (χ1) is 7.86. The fourth-order valence-corrected chi connectivity index (χ4v) is 1.92. The molecule has 1 saturated heterocycles. The van der Waals surface area contributed by atoms with Gasteiger partial charge in [0, 0.05) is 6.04 Å². The Hall–Kier alpha value is -0.830. The molecular weight excluding hydrogens is 203 g/mol. The Morgan fingerprint density at radius 1 is 1.44 bits per heavy atom. The van der Waals surface area contributed by atoms with Gasteiger partial charge in [0.05, 0.1) is 6.33 Å². The third-order valence-corrected chi connectivity index (χ3v) is 3.10. The topological polar surface area (TPSA) is 24.1 Å². The Kier molecular flexibility index (Phi) is 6.90. The van der Waals surface area contributed by atoms with E-state index < -0.39 is 0 Å². The quantitative estimate of drug-likeness (QED) is 0.727. The van der Waals surface area contributed by atoms with Crippen molar-refractivity contribution in [3.63, 3.8) is 0 Å². The molecule has 0 bridgehead atoms. The minimum atomic E-state index is 0.330. The van der Waals surface area contributed by atoms with Crippen molar-refractivity contribution in [2.24, 2.45) is 5.92 Å². The largest absolute Gasteiger partial charge is 0.388 e. The third-order valence-electron chi connectivity index (χ3n) is 3.10. The van der Waals surface area contributed by atoms with Gasteiger partial charge in [0.2, 0.25) is 0 Å². The van der Waals surface area contributed by atoms with Gasteiger partial charge >= 0.3 is 0 Å². The van der Waals surface area contributed by atoms with Crippen LogP contribution in [-0.2, 0) is 0 Å². The average molecular weight is 226 g/mol. The summed E-state index contributed by atoms with van der Waals surface area (Å²) in [6.07, 6.45) is 10.7. The number of hydrogen-bond donors (Lipinski definition) is 2. The molecular formula is C13H23FN2. The zero-order chi connectivity index (χ0) is 11.6. The fourth-order valence-electron chi connectivity index (χ4n) is 1.92. The van der Waals surface area contributed by atoms with Crippen LogP contribution in [0.25, 0.3) is 0 Å². The fraction of sp³-hybridized carbons (Fsp3) is 0.692. The van der Waals surface area contributed by atoms with Crippen molar-refractivity contribution in [3.05, 3.63) is 24.7 Å². The van der Waals surface area contributed by atoms with E-state index in [0.29, 0.717) is 18.3 Å². The van der Waals surface area contributed by atoms with E-state index in [-0.39, 0.29) is 0 Å². The summed E-state index contributed by atoms with van der Waals surface area (Å²) in [4.78, 5) is 0. The molecule has 3 heteroatoms. The van der Waals surface area contributed by atoms with Gasteiger partial charge in [-0.3, -0.25) is 0 Å². The lowest BCUT2D eigenvalue weighted by molar-refractivity contribution is 0.419. The molecule has 0 spiro atoms. The number of nitrogens with one attached hydrogen (secondary N) is 2. The van der Waals surface area contributed by atoms with Crippen LogP contribution in [0.4, 0.5) is 4.39 Å². The molecule has 1 rings (SSSR count). The summed E-state index contributed by atoms with van der Waals surface area (Å²) in [5, 5.41) is 6.74. The van der Waals surface area contributed by atoms with E-state index in [1.165, 1.54) is 12.8 Å². The van der Waals surface area contributed by atoms with Gasteiger partial charge < -0.3 is 10.6 Å². The van der Waals surface area contributed by atoms with Gasteiger partial charge in [0.15, 0.2) is 0 Å². The highest BCUT2D eigenvalue weighted by Gasteiger charge is 2.09. The molecule has 1 atom stereocenters. The summed E-state index contributed by atoms with van der Waals surface area (Å²) in [5.41, 5.74) is 0. The van der Waals surface area contributed by atoms with E-state index in [9.17, 15) is 4.39 Å². The van der Waals surface area contributed by atoms with E-state index in [1.807, 2.05) is 6.20 Å². The highest BCUT2D eigenvalue weighted by Crippen LogP contribution is 2.10. The van der Waals surface area contributed by atoms with Crippen LogP contribution in [0.2, 0.25) is 0 Å². The Balaban J connectivity index is 2.15. The van der Waals surface area contributed by atoms with E-state index in [1.54, 1.807) is 6.08 Å². The average Bonchev–Trinajstić information content (AvgIpc) is 2.34. The molecule has 0 aromatic carbocycles. The first kappa shape index (κ1) is 13.2. The zero-order valence-corrected chi connectivity index (χ0v) is 10.1. The van der Waals surface area contributed by atoms with Crippen LogP contribution >= 0.6 is 0 Å². The molecule has 1 unspecified atom stereocenters. The number of rotatable bonds is 6. The van der Waals surface area contributed by atoms with Crippen LogP contribution in [0.15, 0.2) is 24.7 Å². The maximum atomic E-state index is 12.0. The molecule has 92 valence electrons. The Morgan fingerprint density at radius 3 is 2.81 bits per heavy atom. The Labute approximate surface area is 98.0 Å². The van der Waals surface area contributed by atoms with Crippen molar-refractivity contribution in [1.82, 2.24) is 10.6 Å². The van der Waals surface area contributed by atoms with Gasteiger partial charge in [-0.15, -0.1) is 0 Å². The molecule has 0 aromatic heterocycles. The summed E-state index contributed by atoms with van der Waals surface area (Å²) in [6.45, 7) is 4.29. The second-order valence-electron chi connectivity index (χ2n) is 4.32. The molecule has 1 fully saturated rings. The number of piperidine rings is 1. The van der Waals surface area contributed by atoms with E-state index in [0.717, 1.165) is 25.9 Å². The van der Waals surface area contributed by atoms with Gasteiger partial charge in [-0.25, -0.2) is 4.39 Å². The smallest absolute Gasteiger partial charge is 0.0829 e. The minimum absolute atomic E-state index is 0.330. The van der Waals surface area contributed by atoms with Crippen molar-refractivity contribution in [2.75, 3.05) is 13.1 Å². The lowest BCUT2D eigenvalue weighted by Gasteiger charge is -2.22. The van der Waals surface area contributed by atoms with Crippen LogP contribution in [0.5, 0.6) is 0 Å². The van der Waals surface area contributed by atoms with Crippen LogP contribution in [-0.4, -0.2) is 19.1 Å². The van der Waals surface area contributed by atoms with Crippen molar-refractivity contribution >= 4 is 0 Å². The van der Waals surface area contributed by atoms with Gasteiger partial charge in [-0.05, 0) is 50.9 Å². The first-order valence-corrected chi connectivity index (χ1v) is 6.25. The molecule has 0 radical (unpaired) electrons. The van der Waals surface area contributed by atoms with Gasteiger partial charge in [-0.2, -0.15) is 0 Å². The van der Waals surface area contributed by atoms with E-state index >= 15 is 0 Å². The molecule has 1 aliphatic rings. The SMILES string of the molecule is CCC(/C=C/F)C/C=C/NC1CCNCC1. The van der Waals surface area contributed by atoms with Gasteiger partial charge in [0.25, 0.3) is 0 Å². The van der Waals surface area contributed by atoms with Crippen LogP contribution in [0.3, 0.4) is 0 Å². The van der Waals surface area contributed by atoms with Crippen molar-refractivity contribution < 1.29 is 4.39 Å². The molecule has 0 aromatic rings. The number of hydrogen-bond acceptors (Lipinski definition) is 2. The van der Waals surface area contributed by atoms with E-state index in [2.05, 4.69) is 23.6 Å². The molecule has 0 saturated carbocycles. The molecule has 2 N–H and O–H groups in total. The maximum absolute atomic E-state index is 12.0. The number of allylic oxidation sites excluding steroid dienone is 2. The highest BCUT2D eigenvalue weighted by molar-refractivity contribution is 4.91. The van der Waals surface area contributed by atoms with Crippen molar-refractivity contribution in [1.29, 1.82) is 0 Å². The zero-order valence-electron chi connectivity index (χ0n) is 10.1.